The van der Waals surface area contributed by atoms with Gasteiger partial charge in [0.2, 0.25) is 10.0 Å². The van der Waals surface area contributed by atoms with Crippen LogP contribution in [-0.4, -0.2) is 40.6 Å². The number of carbonyl (C=O) groups is 1. The molecule has 0 aromatic heterocycles. The lowest BCUT2D eigenvalue weighted by Gasteiger charge is -2.16. The molecular weight excluding hydrogens is 328 g/mol. The summed E-state index contributed by atoms with van der Waals surface area (Å²) in [5.74, 6) is -0.307. The summed E-state index contributed by atoms with van der Waals surface area (Å²) >= 11 is 0. The third-order valence-electron chi connectivity index (χ3n) is 4.18. The van der Waals surface area contributed by atoms with Crippen molar-refractivity contribution in [3.63, 3.8) is 0 Å². The highest BCUT2D eigenvalue weighted by Crippen LogP contribution is 2.20. The van der Waals surface area contributed by atoms with Crippen LogP contribution in [0.2, 0.25) is 0 Å². The number of sulfonamides is 1. The van der Waals surface area contributed by atoms with E-state index in [1.165, 1.54) is 12.1 Å². The van der Waals surface area contributed by atoms with Gasteiger partial charge < -0.3 is 10.1 Å². The van der Waals surface area contributed by atoms with Crippen LogP contribution in [0.25, 0.3) is 0 Å². The standard InChI is InChI=1S/C17H26N2O4S/c1-23-12-11-18-17(20)14-7-6-10-16(13-14)24(21,22)19-15-8-4-2-3-5-9-15/h6-7,10,13,15,19H,2-5,8-9,11-12H2,1H3,(H,18,20). The fraction of sp³-hybridized carbons (Fsp3) is 0.588. The molecule has 1 aromatic carbocycles. The van der Waals surface area contributed by atoms with Gasteiger partial charge in [-0.15, -0.1) is 0 Å². The first-order chi connectivity index (χ1) is 11.5. The second-order valence-electron chi connectivity index (χ2n) is 6.09. The molecule has 1 fully saturated rings. The van der Waals surface area contributed by atoms with Crippen LogP contribution in [0.3, 0.4) is 0 Å². The first-order valence-electron chi connectivity index (χ1n) is 8.42. The molecule has 6 nitrogen and oxygen atoms in total. The van der Waals surface area contributed by atoms with Crippen molar-refractivity contribution in [3.8, 4) is 0 Å². The van der Waals surface area contributed by atoms with Crippen LogP contribution in [0.15, 0.2) is 29.2 Å². The van der Waals surface area contributed by atoms with E-state index in [0.717, 1.165) is 38.5 Å². The molecule has 1 aliphatic carbocycles. The van der Waals surface area contributed by atoms with Crippen LogP contribution in [0.1, 0.15) is 48.9 Å². The Kier molecular flexibility index (Phi) is 7.20. The number of carbonyl (C=O) groups excluding carboxylic acids is 1. The van der Waals surface area contributed by atoms with Gasteiger partial charge in [0.05, 0.1) is 11.5 Å². The highest BCUT2D eigenvalue weighted by Gasteiger charge is 2.22. The molecule has 1 aliphatic rings. The van der Waals surface area contributed by atoms with Gasteiger partial charge in [-0.3, -0.25) is 4.79 Å². The maximum absolute atomic E-state index is 12.6. The molecule has 0 radical (unpaired) electrons. The minimum absolute atomic E-state index is 0.0170. The second kappa shape index (κ2) is 9.15. The fourth-order valence-electron chi connectivity index (χ4n) is 2.86. The quantitative estimate of drug-likeness (QED) is 0.580. The summed E-state index contributed by atoms with van der Waals surface area (Å²) in [7, 11) is -2.06. The molecule has 2 N–H and O–H groups in total. The number of hydrogen-bond acceptors (Lipinski definition) is 4. The van der Waals surface area contributed by atoms with E-state index in [9.17, 15) is 13.2 Å². The Labute approximate surface area is 144 Å². The second-order valence-corrected chi connectivity index (χ2v) is 7.80. The van der Waals surface area contributed by atoms with Crippen LogP contribution in [0, 0.1) is 0 Å². The molecule has 0 atom stereocenters. The van der Waals surface area contributed by atoms with Gasteiger partial charge in [-0.1, -0.05) is 31.7 Å². The topological polar surface area (TPSA) is 84.5 Å². The van der Waals surface area contributed by atoms with Crippen molar-refractivity contribution >= 4 is 15.9 Å². The van der Waals surface area contributed by atoms with Crippen LogP contribution in [0.5, 0.6) is 0 Å². The summed E-state index contributed by atoms with van der Waals surface area (Å²) in [6.07, 6.45) is 6.17. The fourth-order valence-corrected chi connectivity index (χ4v) is 4.21. The molecule has 134 valence electrons. The van der Waals surface area contributed by atoms with E-state index in [1.807, 2.05) is 0 Å². The smallest absolute Gasteiger partial charge is 0.251 e. The normalized spacial score (nSPS) is 16.5. The third kappa shape index (κ3) is 5.58. The van der Waals surface area contributed by atoms with Gasteiger partial charge in [0, 0.05) is 25.3 Å². The van der Waals surface area contributed by atoms with E-state index in [-0.39, 0.29) is 16.8 Å². The maximum Gasteiger partial charge on any atom is 0.251 e. The van der Waals surface area contributed by atoms with Crippen LogP contribution in [-0.2, 0) is 14.8 Å². The summed E-state index contributed by atoms with van der Waals surface area (Å²) in [5, 5.41) is 2.69. The number of hydrogen-bond donors (Lipinski definition) is 2. The number of benzene rings is 1. The molecular formula is C17H26N2O4S. The zero-order chi connectivity index (χ0) is 17.4. The van der Waals surface area contributed by atoms with E-state index in [2.05, 4.69) is 10.0 Å². The first kappa shape index (κ1) is 18.9. The molecule has 0 spiro atoms. The third-order valence-corrected chi connectivity index (χ3v) is 5.69. The van der Waals surface area contributed by atoms with Crippen molar-refractivity contribution in [2.45, 2.75) is 49.5 Å². The lowest BCUT2D eigenvalue weighted by atomic mass is 10.1. The van der Waals surface area contributed by atoms with Gasteiger partial charge in [-0.05, 0) is 31.0 Å². The van der Waals surface area contributed by atoms with Crippen molar-refractivity contribution in [2.24, 2.45) is 0 Å². The molecule has 0 unspecified atom stereocenters. The molecule has 0 heterocycles. The molecule has 24 heavy (non-hydrogen) atoms. The van der Waals surface area contributed by atoms with Crippen molar-refractivity contribution < 1.29 is 17.9 Å². The highest BCUT2D eigenvalue weighted by atomic mass is 32.2. The largest absolute Gasteiger partial charge is 0.383 e. The predicted molar refractivity (Wildman–Crippen MR) is 92.5 cm³/mol. The predicted octanol–water partition coefficient (Wildman–Crippen LogP) is 2.06. The van der Waals surface area contributed by atoms with E-state index in [0.29, 0.717) is 18.7 Å². The van der Waals surface area contributed by atoms with Gasteiger partial charge in [0.15, 0.2) is 0 Å². The van der Waals surface area contributed by atoms with Crippen molar-refractivity contribution in [1.82, 2.24) is 10.0 Å². The zero-order valence-corrected chi connectivity index (χ0v) is 14.9. The van der Waals surface area contributed by atoms with E-state index in [1.54, 1.807) is 19.2 Å². The Morgan fingerprint density at radius 3 is 2.58 bits per heavy atom. The van der Waals surface area contributed by atoms with Gasteiger partial charge >= 0.3 is 0 Å². The number of ether oxygens (including phenoxy) is 1. The summed E-state index contributed by atoms with van der Waals surface area (Å²) in [4.78, 5) is 12.2. The van der Waals surface area contributed by atoms with Gasteiger partial charge in [0.1, 0.15) is 0 Å². The number of amides is 1. The number of rotatable bonds is 7. The van der Waals surface area contributed by atoms with Crippen molar-refractivity contribution in [1.29, 1.82) is 0 Å². The summed E-state index contributed by atoms with van der Waals surface area (Å²) in [6, 6.07) is 6.11. The summed E-state index contributed by atoms with van der Waals surface area (Å²) in [5.41, 5.74) is 0.329. The van der Waals surface area contributed by atoms with E-state index >= 15 is 0 Å². The Hall–Kier alpha value is -1.44. The number of nitrogens with one attached hydrogen (secondary N) is 2. The Morgan fingerprint density at radius 2 is 1.92 bits per heavy atom. The SMILES string of the molecule is COCCNC(=O)c1cccc(S(=O)(=O)NC2CCCCCC2)c1. The van der Waals surface area contributed by atoms with Crippen LogP contribution < -0.4 is 10.0 Å². The lowest BCUT2D eigenvalue weighted by Crippen LogP contribution is -2.34. The maximum atomic E-state index is 12.6. The molecule has 0 bridgehead atoms. The van der Waals surface area contributed by atoms with Crippen LogP contribution >= 0.6 is 0 Å². The Bertz CT molecular complexity index is 638. The minimum atomic E-state index is -3.61. The Balaban J connectivity index is 2.06. The molecule has 2 rings (SSSR count). The average molecular weight is 354 g/mol. The molecule has 1 aromatic rings. The number of methoxy groups -OCH3 is 1. The van der Waals surface area contributed by atoms with Gasteiger partial charge in [0.25, 0.3) is 5.91 Å². The molecule has 7 heteroatoms. The highest BCUT2D eigenvalue weighted by molar-refractivity contribution is 7.89. The average Bonchev–Trinajstić information content (AvgIpc) is 2.83. The van der Waals surface area contributed by atoms with E-state index in [4.69, 9.17) is 4.74 Å². The summed E-state index contributed by atoms with van der Waals surface area (Å²) < 4.78 is 32.8. The van der Waals surface area contributed by atoms with Crippen molar-refractivity contribution in [3.05, 3.63) is 29.8 Å². The van der Waals surface area contributed by atoms with E-state index < -0.39 is 10.0 Å². The first-order valence-corrected chi connectivity index (χ1v) is 9.91. The van der Waals surface area contributed by atoms with Gasteiger partial charge in [-0.2, -0.15) is 0 Å². The zero-order valence-electron chi connectivity index (χ0n) is 14.1. The Morgan fingerprint density at radius 1 is 1.21 bits per heavy atom. The van der Waals surface area contributed by atoms with Crippen molar-refractivity contribution in [2.75, 3.05) is 20.3 Å². The monoisotopic (exact) mass is 354 g/mol. The molecule has 0 saturated heterocycles. The van der Waals surface area contributed by atoms with Gasteiger partial charge in [-0.25, -0.2) is 13.1 Å². The molecule has 0 aliphatic heterocycles. The minimum Gasteiger partial charge on any atom is -0.383 e. The molecule has 1 saturated carbocycles. The summed E-state index contributed by atoms with van der Waals surface area (Å²) in [6.45, 7) is 0.791. The molecule has 1 amide bonds. The van der Waals surface area contributed by atoms with Crippen LogP contribution in [0.4, 0.5) is 0 Å². The lowest BCUT2D eigenvalue weighted by molar-refractivity contribution is 0.0937.